The predicted octanol–water partition coefficient (Wildman–Crippen LogP) is 2.70. The van der Waals surface area contributed by atoms with Crippen LogP contribution in [0.2, 0.25) is 0 Å². The van der Waals surface area contributed by atoms with Crippen molar-refractivity contribution in [3.63, 3.8) is 0 Å². The zero-order valence-corrected chi connectivity index (χ0v) is 14.7. The summed E-state index contributed by atoms with van der Waals surface area (Å²) in [5, 5.41) is 6.66. The predicted molar refractivity (Wildman–Crippen MR) is 98.5 cm³/mol. The Kier molecular flexibility index (Phi) is 7.08. The van der Waals surface area contributed by atoms with E-state index in [4.69, 9.17) is 4.74 Å². The molecule has 0 fully saturated rings. The van der Waals surface area contributed by atoms with Crippen molar-refractivity contribution >= 4 is 5.96 Å². The summed E-state index contributed by atoms with van der Waals surface area (Å²) in [7, 11) is 1.68. The molecule has 128 valence electrons. The Labute approximate surface area is 144 Å². The number of benzene rings is 1. The summed E-state index contributed by atoms with van der Waals surface area (Å²) in [5.41, 5.74) is 3.65. The van der Waals surface area contributed by atoms with E-state index in [-0.39, 0.29) is 0 Å². The number of hydrogen-bond donors (Lipinski definition) is 2. The molecule has 0 spiro atoms. The van der Waals surface area contributed by atoms with Gasteiger partial charge in [0.25, 0.3) is 0 Å². The number of nitrogens with zero attached hydrogens (tertiary/aromatic N) is 2. The first kappa shape index (κ1) is 17.8. The minimum absolute atomic E-state index is 0.612. The van der Waals surface area contributed by atoms with E-state index >= 15 is 0 Å². The molecule has 1 aromatic heterocycles. The van der Waals surface area contributed by atoms with Gasteiger partial charge in [0.05, 0.1) is 13.7 Å². The summed E-state index contributed by atoms with van der Waals surface area (Å²) < 4.78 is 5.25. The molecule has 24 heavy (non-hydrogen) atoms. The van der Waals surface area contributed by atoms with E-state index in [0.29, 0.717) is 6.54 Å². The largest absolute Gasteiger partial charge is 0.497 e. The highest BCUT2D eigenvalue weighted by atomic mass is 16.5. The third-order valence-corrected chi connectivity index (χ3v) is 3.72. The van der Waals surface area contributed by atoms with E-state index in [9.17, 15) is 0 Å². The summed E-state index contributed by atoms with van der Waals surface area (Å²) in [5.74, 6) is 1.68. The van der Waals surface area contributed by atoms with Crippen LogP contribution in [0.15, 0.2) is 47.7 Å². The van der Waals surface area contributed by atoms with Crippen LogP contribution in [0.4, 0.5) is 0 Å². The van der Waals surface area contributed by atoms with Crippen LogP contribution >= 0.6 is 0 Å². The van der Waals surface area contributed by atoms with Gasteiger partial charge in [0.1, 0.15) is 5.75 Å². The van der Waals surface area contributed by atoms with Crippen LogP contribution in [-0.4, -0.2) is 31.1 Å². The normalized spacial score (nSPS) is 11.2. The molecule has 5 heteroatoms. The Morgan fingerprint density at radius 1 is 1.25 bits per heavy atom. The van der Waals surface area contributed by atoms with Gasteiger partial charge in [-0.05, 0) is 55.2 Å². The quantitative estimate of drug-likeness (QED) is 0.607. The molecule has 0 saturated heterocycles. The molecular weight excluding hydrogens is 300 g/mol. The number of rotatable bonds is 7. The summed E-state index contributed by atoms with van der Waals surface area (Å²) in [6, 6.07) is 10.0. The molecule has 2 aromatic rings. The van der Waals surface area contributed by atoms with Crippen molar-refractivity contribution in [2.45, 2.75) is 26.8 Å². The third kappa shape index (κ3) is 5.57. The van der Waals surface area contributed by atoms with Crippen LogP contribution in [-0.2, 0) is 13.0 Å². The van der Waals surface area contributed by atoms with Crippen LogP contribution in [0.5, 0.6) is 5.75 Å². The Hall–Kier alpha value is -2.56. The lowest BCUT2D eigenvalue weighted by atomic mass is 10.1. The fourth-order valence-electron chi connectivity index (χ4n) is 2.38. The average molecular weight is 326 g/mol. The fraction of sp³-hybridized carbons (Fsp3) is 0.368. The molecule has 0 bridgehead atoms. The van der Waals surface area contributed by atoms with Crippen molar-refractivity contribution in [3.8, 4) is 5.75 Å². The fourth-order valence-corrected chi connectivity index (χ4v) is 2.38. The molecule has 0 atom stereocenters. The first-order chi connectivity index (χ1) is 11.7. The Bertz CT molecular complexity index is 670. The molecular formula is C19H26N4O. The molecule has 0 aliphatic rings. The van der Waals surface area contributed by atoms with Gasteiger partial charge in [-0.1, -0.05) is 12.1 Å². The molecule has 0 radical (unpaired) electrons. The first-order valence-electron chi connectivity index (χ1n) is 8.27. The number of pyridine rings is 1. The smallest absolute Gasteiger partial charge is 0.191 e. The maximum Gasteiger partial charge on any atom is 0.191 e. The number of nitrogens with one attached hydrogen (secondary N) is 2. The van der Waals surface area contributed by atoms with Crippen LogP contribution in [0, 0.1) is 6.92 Å². The van der Waals surface area contributed by atoms with Crippen molar-refractivity contribution < 1.29 is 4.74 Å². The Morgan fingerprint density at radius 2 is 2.12 bits per heavy atom. The molecule has 0 aliphatic heterocycles. The number of guanidine groups is 1. The zero-order valence-electron chi connectivity index (χ0n) is 14.7. The van der Waals surface area contributed by atoms with Gasteiger partial charge in [-0.2, -0.15) is 0 Å². The third-order valence-electron chi connectivity index (χ3n) is 3.72. The van der Waals surface area contributed by atoms with Crippen molar-refractivity contribution in [3.05, 3.63) is 59.4 Å². The van der Waals surface area contributed by atoms with Crippen LogP contribution in [0.25, 0.3) is 0 Å². The topological polar surface area (TPSA) is 58.5 Å². The second-order valence-electron chi connectivity index (χ2n) is 5.53. The van der Waals surface area contributed by atoms with E-state index in [1.165, 1.54) is 11.1 Å². The molecule has 1 heterocycles. The Morgan fingerprint density at radius 3 is 2.88 bits per heavy atom. The van der Waals surface area contributed by atoms with Gasteiger partial charge in [0, 0.05) is 25.5 Å². The van der Waals surface area contributed by atoms with Crippen LogP contribution in [0.3, 0.4) is 0 Å². The lowest BCUT2D eigenvalue weighted by molar-refractivity contribution is 0.414. The molecule has 0 amide bonds. The van der Waals surface area contributed by atoms with Gasteiger partial charge in [0.15, 0.2) is 5.96 Å². The SMILES string of the molecule is CCNC(=NCc1cccc(OC)c1)NCCc1ccncc1C. The Balaban J connectivity index is 1.91. The van der Waals surface area contributed by atoms with Gasteiger partial charge in [-0.15, -0.1) is 0 Å². The molecule has 0 aliphatic carbocycles. The van der Waals surface area contributed by atoms with Gasteiger partial charge in [-0.3, -0.25) is 4.98 Å². The maximum atomic E-state index is 5.25. The molecule has 2 rings (SSSR count). The highest BCUT2D eigenvalue weighted by molar-refractivity contribution is 5.79. The van der Waals surface area contributed by atoms with Gasteiger partial charge in [0.2, 0.25) is 0 Å². The monoisotopic (exact) mass is 326 g/mol. The first-order valence-corrected chi connectivity index (χ1v) is 8.27. The minimum Gasteiger partial charge on any atom is -0.497 e. The van der Waals surface area contributed by atoms with Gasteiger partial charge in [-0.25, -0.2) is 4.99 Å². The number of aliphatic imine (C=N–C) groups is 1. The lowest BCUT2D eigenvalue weighted by Gasteiger charge is -2.12. The van der Waals surface area contributed by atoms with E-state index < -0.39 is 0 Å². The van der Waals surface area contributed by atoms with E-state index in [1.54, 1.807) is 7.11 Å². The molecule has 0 saturated carbocycles. The summed E-state index contributed by atoms with van der Waals surface area (Å²) in [4.78, 5) is 8.77. The lowest BCUT2D eigenvalue weighted by Crippen LogP contribution is -2.38. The number of hydrogen-bond acceptors (Lipinski definition) is 3. The van der Waals surface area contributed by atoms with Crippen LogP contribution < -0.4 is 15.4 Å². The summed E-state index contributed by atoms with van der Waals surface area (Å²) in [6.45, 7) is 6.42. The second kappa shape index (κ2) is 9.55. The van der Waals surface area contributed by atoms with E-state index in [1.807, 2.05) is 30.6 Å². The second-order valence-corrected chi connectivity index (χ2v) is 5.53. The highest BCUT2D eigenvalue weighted by Gasteiger charge is 2.01. The standard InChI is InChI=1S/C19H26N4O/c1-4-21-19(22-11-9-17-8-10-20-13-15(17)2)23-14-16-6-5-7-18(12-16)24-3/h5-8,10,12-13H,4,9,11,14H2,1-3H3,(H2,21,22,23). The number of ether oxygens (including phenoxy) is 1. The average Bonchev–Trinajstić information content (AvgIpc) is 2.61. The number of aryl methyl sites for hydroxylation is 1. The van der Waals surface area contributed by atoms with Crippen molar-refractivity contribution in [1.82, 2.24) is 15.6 Å². The van der Waals surface area contributed by atoms with Gasteiger partial charge >= 0.3 is 0 Å². The van der Waals surface area contributed by atoms with Gasteiger partial charge < -0.3 is 15.4 Å². The van der Waals surface area contributed by atoms with E-state index in [0.717, 1.165) is 36.8 Å². The van der Waals surface area contributed by atoms with E-state index in [2.05, 4.69) is 46.6 Å². The molecule has 5 nitrogen and oxygen atoms in total. The van der Waals surface area contributed by atoms with Crippen LogP contribution in [0.1, 0.15) is 23.6 Å². The summed E-state index contributed by atoms with van der Waals surface area (Å²) >= 11 is 0. The van der Waals surface area contributed by atoms with Crippen molar-refractivity contribution in [1.29, 1.82) is 0 Å². The number of aromatic nitrogens is 1. The molecule has 0 unspecified atom stereocenters. The summed E-state index contributed by atoms with van der Waals surface area (Å²) in [6.07, 6.45) is 4.68. The molecule has 2 N–H and O–H groups in total. The minimum atomic E-state index is 0.612. The maximum absolute atomic E-state index is 5.25. The molecule has 1 aromatic carbocycles. The van der Waals surface area contributed by atoms with Crippen molar-refractivity contribution in [2.24, 2.45) is 4.99 Å². The number of methoxy groups -OCH3 is 1. The van der Waals surface area contributed by atoms with Crippen molar-refractivity contribution in [2.75, 3.05) is 20.2 Å². The highest BCUT2D eigenvalue weighted by Crippen LogP contribution is 2.13. The zero-order chi connectivity index (χ0) is 17.2.